The highest BCUT2D eigenvalue weighted by molar-refractivity contribution is 6.39. The Morgan fingerprint density at radius 1 is 1.30 bits per heavy atom. The van der Waals surface area contributed by atoms with E-state index in [1.54, 1.807) is 17.2 Å². The standard InChI is InChI=1S/C14H20N4O2/c1-3-17-7-9-18(10-8-17)14(20)13(19)16-12-11(2)5-4-6-15-12/h4-6H,3,7-10H2,1-2H3,(H,15,16,19). The van der Waals surface area contributed by atoms with Crippen molar-refractivity contribution in [2.45, 2.75) is 13.8 Å². The van der Waals surface area contributed by atoms with Crippen LogP contribution in [0.25, 0.3) is 0 Å². The van der Waals surface area contributed by atoms with E-state index in [9.17, 15) is 9.59 Å². The highest BCUT2D eigenvalue weighted by atomic mass is 16.2. The third-order valence-electron chi connectivity index (χ3n) is 3.54. The van der Waals surface area contributed by atoms with Gasteiger partial charge >= 0.3 is 11.8 Å². The summed E-state index contributed by atoms with van der Waals surface area (Å²) in [6.07, 6.45) is 1.59. The highest BCUT2D eigenvalue weighted by Gasteiger charge is 2.25. The number of aryl methyl sites for hydroxylation is 1. The Morgan fingerprint density at radius 2 is 2.00 bits per heavy atom. The topological polar surface area (TPSA) is 65.5 Å². The van der Waals surface area contributed by atoms with Crippen LogP contribution in [-0.2, 0) is 9.59 Å². The number of pyridine rings is 1. The lowest BCUT2D eigenvalue weighted by molar-refractivity contribution is -0.144. The molecule has 0 atom stereocenters. The Hall–Kier alpha value is -1.95. The maximum atomic E-state index is 12.1. The molecule has 1 aliphatic heterocycles. The molecule has 6 heteroatoms. The number of nitrogens with one attached hydrogen (secondary N) is 1. The van der Waals surface area contributed by atoms with Gasteiger partial charge in [0, 0.05) is 32.4 Å². The second kappa shape index (κ2) is 6.47. The summed E-state index contributed by atoms with van der Waals surface area (Å²) in [5.41, 5.74) is 0.837. The van der Waals surface area contributed by atoms with E-state index in [-0.39, 0.29) is 0 Å². The maximum absolute atomic E-state index is 12.1. The van der Waals surface area contributed by atoms with Gasteiger partial charge < -0.3 is 15.1 Å². The molecule has 108 valence electrons. The zero-order valence-corrected chi connectivity index (χ0v) is 11.9. The quantitative estimate of drug-likeness (QED) is 0.799. The fraction of sp³-hybridized carbons (Fsp3) is 0.500. The molecule has 20 heavy (non-hydrogen) atoms. The largest absolute Gasteiger partial charge is 0.332 e. The van der Waals surface area contributed by atoms with E-state index in [1.165, 1.54) is 0 Å². The van der Waals surface area contributed by atoms with Crippen LogP contribution in [0.2, 0.25) is 0 Å². The van der Waals surface area contributed by atoms with Crippen LogP contribution in [0.5, 0.6) is 0 Å². The Labute approximate surface area is 118 Å². The van der Waals surface area contributed by atoms with Crippen molar-refractivity contribution in [2.24, 2.45) is 0 Å². The molecule has 1 aromatic heterocycles. The number of amides is 2. The Morgan fingerprint density at radius 3 is 2.60 bits per heavy atom. The first-order chi connectivity index (χ1) is 9.61. The maximum Gasteiger partial charge on any atom is 0.315 e. The van der Waals surface area contributed by atoms with Crippen molar-refractivity contribution in [3.63, 3.8) is 0 Å². The first-order valence-electron chi connectivity index (χ1n) is 6.86. The minimum atomic E-state index is -0.614. The van der Waals surface area contributed by atoms with Crippen LogP contribution >= 0.6 is 0 Å². The van der Waals surface area contributed by atoms with Crippen LogP contribution in [0.1, 0.15) is 12.5 Å². The van der Waals surface area contributed by atoms with Gasteiger partial charge in [-0.05, 0) is 25.1 Å². The van der Waals surface area contributed by atoms with E-state index in [2.05, 4.69) is 22.1 Å². The fourth-order valence-electron chi connectivity index (χ4n) is 2.19. The predicted molar refractivity (Wildman–Crippen MR) is 76.3 cm³/mol. The summed E-state index contributed by atoms with van der Waals surface area (Å²) in [5, 5.41) is 2.58. The van der Waals surface area contributed by atoms with Gasteiger partial charge in [-0.25, -0.2) is 4.98 Å². The number of rotatable bonds is 2. The summed E-state index contributed by atoms with van der Waals surface area (Å²) < 4.78 is 0. The number of carbonyl (C=O) groups is 2. The van der Waals surface area contributed by atoms with Crippen molar-refractivity contribution in [3.8, 4) is 0 Å². The molecular formula is C14H20N4O2. The summed E-state index contributed by atoms with van der Waals surface area (Å²) in [6.45, 7) is 7.74. The summed E-state index contributed by atoms with van der Waals surface area (Å²) in [7, 11) is 0. The SMILES string of the molecule is CCN1CCN(C(=O)C(=O)Nc2ncccc2C)CC1. The van der Waals surface area contributed by atoms with Crippen LogP contribution in [0, 0.1) is 6.92 Å². The van der Waals surface area contributed by atoms with Crippen LogP contribution in [0.3, 0.4) is 0 Å². The first kappa shape index (κ1) is 14.5. The monoisotopic (exact) mass is 276 g/mol. The molecule has 0 unspecified atom stereocenters. The van der Waals surface area contributed by atoms with Gasteiger partial charge in [0.1, 0.15) is 5.82 Å². The molecule has 0 saturated carbocycles. The number of hydrogen-bond acceptors (Lipinski definition) is 4. The lowest BCUT2D eigenvalue weighted by Crippen LogP contribution is -2.51. The molecule has 6 nitrogen and oxygen atoms in total. The van der Waals surface area contributed by atoms with Crippen LogP contribution in [0.4, 0.5) is 5.82 Å². The van der Waals surface area contributed by atoms with Crippen molar-refractivity contribution < 1.29 is 9.59 Å². The van der Waals surface area contributed by atoms with Gasteiger partial charge in [0.2, 0.25) is 0 Å². The summed E-state index contributed by atoms with van der Waals surface area (Å²) >= 11 is 0. The van der Waals surface area contributed by atoms with Crippen LogP contribution in [-0.4, -0.2) is 59.3 Å². The summed E-state index contributed by atoms with van der Waals surface area (Å²) in [6, 6.07) is 3.63. The average molecular weight is 276 g/mol. The second-order valence-corrected chi connectivity index (χ2v) is 4.85. The second-order valence-electron chi connectivity index (χ2n) is 4.85. The smallest absolute Gasteiger partial charge is 0.315 e. The van der Waals surface area contributed by atoms with Gasteiger partial charge in [0.15, 0.2) is 0 Å². The van der Waals surface area contributed by atoms with Crippen molar-refractivity contribution in [1.82, 2.24) is 14.8 Å². The van der Waals surface area contributed by atoms with Crippen molar-refractivity contribution in [2.75, 3.05) is 38.0 Å². The normalized spacial score (nSPS) is 16.0. The van der Waals surface area contributed by atoms with E-state index in [1.807, 2.05) is 13.0 Å². The molecule has 0 aromatic carbocycles. The van der Waals surface area contributed by atoms with Crippen molar-refractivity contribution >= 4 is 17.6 Å². The van der Waals surface area contributed by atoms with E-state index < -0.39 is 11.8 Å². The average Bonchev–Trinajstić information content (AvgIpc) is 2.49. The molecule has 2 rings (SSSR count). The number of likely N-dealkylation sites (N-methyl/N-ethyl adjacent to an activating group) is 1. The zero-order chi connectivity index (χ0) is 14.5. The molecule has 1 saturated heterocycles. The Balaban J connectivity index is 1.93. The van der Waals surface area contributed by atoms with E-state index in [0.29, 0.717) is 18.9 Å². The van der Waals surface area contributed by atoms with Gasteiger partial charge in [-0.2, -0.15) is 0 Å². The molecule has 0 spiro atoms. The van der Waals surface area contributed by atoms with Crippen LogP contribution in [0.15, 0.2) is 18.3 Å². The Kier molecular flexibility index (Phi) is 4.68. The molecule has 1 N–H and O–H groups in total. The molecule has 2 heterocycles. The molecule has 1 aliphatic rings. The predicted octanol–water partition coefficient (Wildman–Crippen LogP) is 0.493. The zero-order valence-electron chi connectivity index (χ0n) is 11.9. The minimum Gasteiger partial charge on any atom is -0.332 e. The number of nitrogens with zero attached hydrogens (tertiary/aromatic N) is 3. The van der Waals surface area contributed by atoms with Gasteiger partial charge in [0.25, 0.3) is 0 Å². The van der Waals surface area contributed by atoms with Gasteiger partial charge in [-0.1, -0.05) is 13.0 Å². The molecule has 1 fully saturated rings. The Bertz CT molecular complexity index is 496. The van der Waals surface area contributed by atoms with E-state index >= 15 is 0 Å². The van der Waals surface area contributed by atoms with Gasteiger partial charge in [0.05, 0.1) is 0 Å². The minimum absolute atomic E-state index is 0.443. The number of anilines is 1. The summed E-state index contributed by atoms with van der Waals surface area (Å²) in [4.78, 5) is 31.9. The van der Waals surface area contributed by atoms with E-state index in [0.717, 1.165) is 25.2 Å². The van der Waals surface area contributed by atoms with Gasteiger partial charge in [-0.15, -0.1) is 0 Å². The number of carbonyl (C=O) groups excluding carboxylic acids is 2. The number of piperazine rings is 1. The first-order valence-corrected chi connectivity index (χ1v) is 6.86. The third-order valence-corrected chi connectivity index (χ3v) is 3.54. The van der Waals surface area contributed by atoms with Crippen LogP contribution < -0.4 is 5.32 Å². The lowest BCUT2D eigenvalue weighted by Gasteiger charge is -2.33. The highest BCUT2D eigenvalue weighted by Crippen LogP contribution is 2.10. The van der Waals surface area contributed by atoms with E-state index in [4.69, 9.17) is 0 Å². The summed E-state index contributed by atoms with van der Waals surface area (Å²) in [5.74, 6) is -0.652. The molecule has 1 aromatic rings. The number of aromatic nitrogens is 1. The third kappa shape index (κ3) is 3.33. The molecule has 0 bridgehead atoms. The van der Waals surface area contributed by atoms with Crippen molar-refractivity contribution in [3.05, 3.63) is 23.9 Å². The van der Waals surface area contributed by atoms with Gasteiger partial charge in [-0.3, -0.25) is 9.59 Å². The molecule has 0 radical (unpaired) electrons. The molecule has 2 amide bonds. The number of hydrogen-bond donors (Lipinski definition) is 1. The molecule has 0 aliphatic carbocycles. The van der Waals surface area contributed by atoms with Crippen molar-refractivity contribution in [1.29, 1.82) is 0 Å². The molecular weight excluding hydrogens is 256 g/mol. The lowest BCUT2D eigenvalue weighted by atomic mass is 10.2. The fourth-order valence-corrected chi connectivity index (χ4v) is 2.19.